The van der Waals surface area contributed by atoms with E-state index in [0.29, 0.717) is 36.0 Å². The summed E-state index contributed by atoms with van der Waals surface area (Å²) in [5.41, 5.74) is 1.50. The summed E-state index contributed by atoms with van der Waals surface area (Å²) in [5, 5.41) is 10.2. The molecule has 0 heterocycles. The fraction of sp³-hybridized carbons (Fsp3) is 0.850. The summed E-state index contributed by atoms with van der Waals surface area (Å²) in [5.74, 6) is 2.33. The van der Waals surface area contributed by atoms with E-state index in [2.05, 4.69) is 6.92 Å². The molecule has 3 fully saturated rings. The van der Waals surface area contributed by atoms with E-state index in [1.807, 2.05) is 6.92 Å². The molecule has 23 heavy (non-hydrogen) atoms. The molecule has 0 spiro atoms. The molecule has 0 aromatic rings. The van der Waals surface area contributed by atoms with Gasteiger partial charge in [-0.3, -0.25) is 4.79 Å². The number of halogens is 1. The Morgan fingerprint density at radius 3 is 2.78 bits per heavy atom. The molecule has 0 aromatic heterocycles. The third-order valence-corrected chi connectivity index (χ3v) is 8.00. The van der Waals surface area contributed by atoms with Crippen molar-refractivity contribution in [3.05, 3.63) is 11.6 Å². The Bertz CT molecular complexity index is 540. The number of rotatable bonds is 1. The van der Waals surface area contributed by atoms with Crippen LogP contribution < -0.4 is 0 Å². The molecular weight excluding hydrogens is 291 g/mol. The summed E-state index contributed by atoms with van der Waals surface area (Å²) < 4.78 is 14.0. The second-order valence-corrected chi connectivity index (χ2v) is 8.87. The van der Waals surface area contributed by atoms with E-state index in [-0.39, 0.29) is 17.3 Å². The van der Waals surface area contributed by atoms with E-state index in [9.17, 15) is 14.3 Å². The zero-order valence-corrected chi connectivity index (χ0v) is 14.3. The monoisotopic (exact) mass is 320 g/mol. The van der Waals surface area contributed by atoms with Crippen molar-refractivity contribution in [2.45, 2.75) is 71.1 Å². The predicted octanol–water partition coefficient (Wildman–Crippen LogP) is 4.07. The number of carbonyl (C=O) groups is 1. The van der Waals surface area contributed by atoms with E-state index in [1.54, 1.807) is 6.08 Å². The van der Waals surface area contributed by atoms with Crippen LogP contribution in [0.15, 0.2) is 11.6 Å². The van der Waals surface area contributed by atoms with Crippen molar-refractivity contribution >= 4 is 5.78 Å². The lowest BCUT2D eigenvalue weighted by molar-refractivity contribution is -0.121. The largest absolute Gasteiger partial charge is 0.393 e. The van der Waals surface area contributed by atoms with Crippen molar-refractivity contribution in [2.75, 3.05) is 0 Å². The van der Waals surface area contributed by atoms with Crippen molar-refractivity contribution in [3.8, 4) is 0 Å². The molecule has 0 aliphatic heterocycles. The van der Waals surface area contributed by atoms with E-state index >= 15 is 0 Å². The van der Waals surface area contributed by atoms with Gasteiger partial charge in [-0.25, -0.2) is 4.39 Å². The number of aliphatic hydroxyl groups excluding tert-OH is 1. The number of hydrogen-bond acceptors (Lipinski definition) is 2. The van der Waals surface area contributed by atoms with Gasteiger partial charge >= 0.3 is 0 Å². The molecule has 4 aliphatic carbocycles. The van der Waals surface area contributed by atoms with Gasteiger partial charge in [-0.2, -0.15) is 0 Å². The standard InChI is InChI=1S/C20H29FO2/c1-11(22)16-5-6-17-14-4-3-12-9-19(23)18(21)10-15(12)13(14)7-8-20(16,17)2/h9,11,13-18,22H,3-8,10H2,1-2H3/t11?,13-,14+,15-,16+,17-,18?,20+/m0/s1. The Morgan fingerprint density at radius 2 is 2.04 bits per heavy atom. The number of ketones is 1. The molecule has 3 saturated carbocycles. The fourth-order valence-electron chi connectivity index (χ4n) is 6.98. The fourth-order valence-corrected chi connectivity index (χ4v) is 6.98. The minimum absolute atomic E-state index is 0.219. The highest BCUT2D eigenvalue weighted by Crippen LogP contribution is 2.64. The molecule has 4 rings (SSSR count). The van der Waals surface area contributed by atoms with E-state index in [0.717, 1.165) is 32.1 Å². The first-order valence-corrected chi connectivity index (χ1v) is 9.48. The van der Waals surface area contributed by atoms with Crippen LogP contribution in [0.5, 0.6) is 0 Å². The third-order valence-electron chi connectivity index (χ3n) is 8.00. The van der Waals surface area contributed by atoms with Crippen LogP contribution in [0.4, 0.5) is 4.39 Å². The van der Waals surface area contributed by atoms with Gasteiger partial charge in [0.25, 0.3) is 0 Å². The van der Waals surface area contributed by atoms with Gasteiger partial charge in [0.2, 0.25) is 0 Å². The van der Waals surface area contributed by atoms with Crippen LogP contribution in [0.2, 0.25) is 0 Å². The van der Waals surface area contributed by atoms with Gasteiger partial charge < -0.3 is 5.11 Å². The smallest absolute Gasteiger partial charge is 0.189 e. The Morgan fingerprint density at radius 1 is 1.26 bits per heavy atom. The van der Waals surface area contributed by atoms with Gasteiger partial charge in [0.05, 0.1) is 6.10 Å². The summed E-state index contributed by atoms with van der Waals surface area (Å²) in [6.45, 7) is 4.35. The second kappa shape index (κ2) is 5.40. The molecule has 8 atom stereocenters. The Kier molecular flexibility index (Phi) is 3.71. The lowest BCUT2D eigenvalue weighted by Gasteiger charge is -2.54. The number of allylic oxidation sites excluding steroid dienone is 1. The van der Waals surface area contributed by atoms with E-state index in [1.165, 1.54) is 12.0 Å². The molecule has 2 nitrogen and oxygen atoms in total. The lowest BCUT2D eigenvalue weighted by atomic mass is 9.51. The summed E-state index contributed by atoms with van der Waals surface area (Å²) in [6, 6.07) is 0. The van der Waals surface area contributed by atoms with Crippen LogP contribution in [0.3, 0.4) is 0 Å². The average molecular weight is 320 g/mol. The summed E-state index contributed by atoms with van der Waals surface area (Å²) in [6.07, 6.45) is 7.36. The topological polar surface area (TPSA) is 37.3 Å². The van der Waals surface area contributed by atoms with Crippen LogP contribution in [0, 0.1) is 35.0 Å². The van der Waals surface area contributed by atoms with Gasteiger partial charge in [-0.15, -0.1) is 0 Å². The van der Waals surface area contributed by atoms with Gasteiger partial charge in [-0.1, -0.05) is 12.5 Å². The summed E-state index contributed by atoms with van der Waals surface area (Å²) in [4.78, 5) is 11.7. The highest BCUT2D eigenvalue weighted by Gasteiger charge is 2.57. The van der Waals surface area contributed by atoms with Crippen LogP contribution in [0.25, 0.3) is 0 Å². The van der Waals surface area contributed by atoms with Gasteiger partial charge in [0.1, 0.15) is 0 Å². The van der Waals surface area contributed by atoms with Gasteiger partial charge in [0.15, 0.2) is 12.0 Å². The molecule has 0 saturated heterocycles. The zero-order valence-electron chi connectivity index (χ0n) is 14.3. The van der Waals surface area contributed by atoms with Crippen LogP contribution >= 0.6 is 0 Å². The van der Waals surface area contributed by atoms with Gasteiger partial charge in [-0.05, 0) is 93.0 Å². The minimum Gasteiger partial charge on any atom is -0.393 e. The summed E-state index contributed by atoms with van der Waals surface area (Å²) in [7, 11) is 0. The highest BCUT2D eigenvalue weighted by atomic mass is 19.1. The van der Waals surface area contributed by atoms with E-state index < -0.39 is 6.17 Å². The molecular formula is C20H29FO2. The Balaban J connectivity index is 1.61. The quantitative estimate of drug-likeness (QED) is 0.790. The number of carbonyl (C=O) groups excluding carboxylic acids is 1. The number of fused-ring (bicyclic) bond motifs is 5. The number of hydrogen-bond donors (Lipinski definition) is 1. The minimum atomic E-state index is -1.27. The summed E-state index contributed by atoms with van der Waals surface area (Å²) >= 11 is 0. The first-order valence-electron chi connectivity index (χ1n) is 9.48. The molecule has 0 aromatic carbocycles. The van der Waals surface area contributed by atoms with Crippen LogP contribution in [-0.2, 0) is 4.79 Å². The number of aliphatic hydroxyl groups is 1. The number of alkyl halides is 1. The SMILES string of the molecule is CC(O)[C@H]1CC[C@H]2[C@@H]3CCC4=CC(=O)C(F)C[C@@H]4[C@H]3CC[C@]12C. The maximum Gasteiger partial charge on any atom is 0.189 e. The second-order valence-electron chi connectivity index (χ2n) is 8.87. The normalized spacial score (nSPS) is 50.6. The Hall–Kier alpha value is -0.700. The molecule has 0 radical (unpaired) electrons. The molecule has 0 bridgehead atoms. The van der Waals surface area contributed by atoms with Crippen molar-refractivity contribution in [1.29, 1.82) is 0 Å². The first kappa shape index (κ1) is 15.8. The van der Waals surface area contributed by atoms with Crippen LogP contribution in [0.1, 0.15) is 58.8 Å². The van der Waals surface area contributed by atoms with Crippen molar-refractivity contribution < 1.29 is 14.3 Å². The van der Waals surface area contributed by atoms with Crippen LogP contribution in [-0.4, -0.2) is 23.2 Å². The maximum absolute atomic E-state index is 14.0. The van der Waals surface area contributed by atoms with Crippen molar-refractivity contribution in [3.63, 3.8) is 0 Å². The third kappa shape index (κ3) is 2.26. The Labute approximate surface area is 138 Å². The molecule has 4 aliphatic rings. The molecule has 128 valence electrons. The maximum atomic E-state index is 14.0. The van der Waals surface area contributed by atoms with E-state index in [4.69, 9.17) is 0 Å². The average Bonchev–Trinajstić information content (AvgIpc) is 2.86. The molecule has 1 N–H and O–H groups in total. The van der Waals surface area contributed by atoms with Crippen molar-refractivity contribution in [2.24, 2.45) is 35.0 Å². The molecule has 3 heteroatoms. The molecule has 2 unspecified atom stereocenters. The zero-order chi connectivity index (χ0) is 16.4. The van der Waals surface area contributed by atoms with Crippen molar-refractivity contribution in [1.82, 2.24) is 0 Å². The predicted molar refractivity (Wildman–Crippen MR) is 87.5 cm³/mol. The lowest BCUT2D eigenvalue weighted by Crippen LogP contribution is -2.48. The van der Waals surface area contributed by atoms with Gasteiger partial charge in [0, 0.05) is 0 Å². The molecule has 0 amide bonds. The first-order chi connectivity index (χ1) is 10.9. The highest BCUT2D eigenvalue weighted by molar-refractivity contribution is 5.95.